The van der Waals surface area contributed by atoms with Crippen molar-refractivity contribution < 1.29 is 0 Å². The summed E-state index contributed by atoms with van der Waals surface area (Å²) >= 11 is 0. The van der Waals surface area contributed by atoms with Crippen molar-refractivity contribution in [3.05, 3.63) is 12.2 Å². The van der Waals surface area contributed by atoms with E-state index in [4.69, 9.17) is 0 Å². The van der Waals surface area contributed by atoms with Crippen LogP contribution in [0.4, 0.5) is 0 Å². The lowest BCUT2D eigenvalue weighted by molar-refractivity contribution is 0.361. The van der Waals surface area contributed by atoms with E-state index in [0.29, 0.717) is 6.04 Å². The summed E-state index contributed by atoms with van der Waals surface area (Å²) in [6.07, 6.45) is 4.98. The Hall–Kier alpha value is -0.900. The molecule has 1 aromatic heterocycles. The van der Waals surface area contributed by atoms with Crippen LogP contribution in [-0.2, 0) is 6.42 Å². The summed E-state index contributed by atoms with van der Waals surface area (Å²) in [7, 11) is 0. The highest BCUT2D eigenvalue weighted by Crippen LogP contribution is 2.13. The smallest absolute Gasteiger partial charge is 0.137 e. The molecule has 0 aromatic carbocycles. The molecule has 0 bridgehead atoms. The summed E-state index contributed by atoms with van der Waals surface area (Å²) in [6.45, 7) is 10.1. The largest absolute Gasteiger partial charge is 0.314 e. The van der Waals surface area contributed by atoms with E-state index in [-0.39, 0.29) is 0 Å². The maximum Gasteiger partial charge on any atom is 0.137 e. The molecule has 0 fully saturated rings. The molecule has 4 nitrogen and oxygen atoms in total. The van der Waals surface area contributed by atoms with Gasteiger partial charge in [0.2, 0.25) is 0 Å². The first kappa shape index (κ1) is 14.2. The van der Waals surface area contributed by atoms with Crippen LogP contribution in [0.2, 0.25) is 0 Å². The van der Waals surface area contributed by atoms with Crippen LogP contribution >= 0.6 is 0 Å². The van der Waals surface area contributed by atoms with E-state index in [1.165, 1.54) is 12.8 Å². The molecule has 98 valence electrons. The summed E-state index contributed by atoms with van der Waals surface area (Å²) < 4.78 is 0. The Balaban J connectivity index is 2.27. The highest BCUT2D eigenvalue weighted by atomic mass is 15.2. The number of rotatable bonds is 8. The van der Waals surface area contributed by atoms with Crippen molar-refractivity contribution in [1.29, 1.82) is 0 Å². The van der Waals surface area contributed by atoms with Gasteiger partial charge in [0.1, 0.15) is 12.2 Å². The van der Waals surface area contributed by atoms with Gasteiger partial charge in [-0.1, -0.05) is 27.7 Å². The van der Waals surface area contributed by atoms with Gasteiger partial charge in [-0.05, 0) is 24.7 Å². The Morgan fingerprint density at radius 3 is 2.29 bits per heavy atom. The van der Waals surface area contributed by atoms with Crippen molar-refractivity contribution in [1.82, 2.24) is 20.5 Å². The first-order valence-electron chi connectivity index (χ1n) is 6.65. The van der Waals surface area contributed by atoms with Gasteiger partial charge in [0, 0.05) is 19.0 Å². The zero-order valence-corrected chi connectivity index (χ0v) is 11.5. The van der Waals surface area contributed by atoms with Crippen LogP contribution in [0.1, 0.15) is 46.4 Å². The first-order valence-corrected chi connectivity index (χ1v) is 6.65. The zero-order valence-electron chi connectivity index (χ0n) is 11.5. The fraction of sp³-hybridized carbons (Fsp3) is 0.846. The van der Waals surface area contributed by atoms with Crippen molar-refractivity contribution in [2.24, 2.45) is 11.8 Å². The van der Waals surface area contributed by atoms with Gasteiger partial charge in [-0.2, -0.15) is 5.10 Å². The van der Waals surface area contributed by atoms with Gasteiger partial charge < -0.3 is 5.32 Å². The molecular weight excluding hydrogens is 212 g/mol. The third-order valence-electron chi connectivity index (χ3n) is 2.77. The molecule has 0 atom stereocenters. The highest BCUT2D eigenvalue weighted by molar-refractivity contribution is 4.81. The van der Waals surface area contributed by atoms with Gasteiger partial charge in [-0.15, -0.1) is 0 Å². The molecule has 0 unspecified atom stereocenters. The molecule has 1 rings (SSSR count). The average Bonchev–Trinajstić information content (AvgIpc) is 2.68. The number of nitrogens with one attached hydrogen (secondary N) is 2. The van der Waals surface area contributed by atoms with Crippen LogP contribution < -0.4 is 5.32 Å². The van der Waals surface area contributed by atoms with Crippen LogP contribution in [-0.4, -0.2) is 27.8 Å². The van der Waals surface area contributed by atoms with Gasteiger partial charge in [-0.25, -0.2) is 4.98 Å². The lowest BCUT2D eigenvalue weighted by Crippen LogP contribution is -2.33. The third kappa shape index (κ3) is 6.41. The van der Waals surface area contributed by atoms with Crippen LogP contribution in [0, 0.1) is 11.8 Å². The topological polar surface area (TPSA) is 53.6 Å². The highest BCUT2D eigenvalue weighted by Gasteiger charge is 2.12. The molecule has 0 aliphatic carbocycles. The second-order valence-corrected chi connectivity index (χ2v) is 5.59. The van der Waals surface area contributed by atoms with Gasteiger partial charge in [0.05, 0.1) is 0 Å². The zero-order chi connectivity index (χ0) is 12.7. The standard InChI is InChI=1S/C13H26N4/c1-10(2)7-12(8-11(3)4)14-6-5-13-15-9-16-17-13/h9-12,14H,5-8H2,1-4H3,(H,15,16,17). The van der Waals surface area contributed by atoms with Crippen molar-refractivity contribution in [2.45, 2.75) is 53.0 Å². The molecule has 4 heteroatoms. The second kappa shape index (κ2) is 7.43. The van der Waals surface area contributed by atoms with E-state index < -0.39 is 0 Å². The Labute approximate surface area is 105 Å². The molecule has 0 radical (unpaired) electrons. The Bertz CT molecular complexity index is 270. The summed E-state index contributed by atoms with van der Waals surface area (Å²) in [6, 6.07) is 0.623. The summed E-state index contributed by atoms with van der Waals surface area (Å²) in [5.74, 6) is 2.46. The Kier molecular flexibility index (Phi) is 6.19. The van der Waals surface area contributed by atoms with Crippen molar-refractivity contribution in [2.75, 3.05) is 6.54 Å². The van der Waals surface area contributed by atoms with Gasteiger partial charge in [0.15, 0.2) is 0 Å². The van der Waals surface area contributed by atoms with E-state index in [1.54, 1.807) is 6.33 Å². The Morgan fingerprint density at radius 2 is 1.82 bits per heavy atom. The number of aromatic amines is 1. The molecule has 2 N–H and O–H groups in total. The van der Waals surface area contributed by atoms with E-state index >= 15 is 0 Å². The summed E-state index contributed by atoms with van der Waals surface area (Å²) in [5, 5.41) is 10.4. The lowest BCUT2D eigenvalue weighted by atomic mass is 9.95. The van der Waals surface area contributed by atoms with Crippen LogP contribution in [0.15, 0.2) is 6.33 Å². The second-order valence-electron chi connectivity index (χ2n) is 5.59. The molecule has 0 spiro atoms. The average molecular weight is 238 g/mol. The molecule has 0 aliphatic rings. The molecule has 1 heterocycles. The maximum atomic E-state index is 4.13. The molecule has 0 saturated heterocycles. The molecule has 0 saturated carbocycles. The Morgan fingerprint density at radius 1 is 1.18 bits per heavy atom. The predicted octanol–water partition coefficient (Wildman–Crippen LogP) is 2.40. The molecule has 0 amide bonds. The maximum absolute atomic E-state index is 4.13. The fourth-order valence-corrected chi connectivity index (χ4v) is 2.15. The van der Waals surface area contributed by atoms with Crippen LogP contribution in [0.5, 0.6) is 0 Å². The van der Waals surface area contributed by atoms with E-state index in [9.17, 15) is 0 Å². The quantitative estimate of drug-likeness (QED) is 0.731. The molecule has 0 aliphatic heterocycles. The number of nitrogens with zero attached hydrogens (tertiary/aromatic N) is 2. The first-order chi connectivity index (χ1) is 8.08. The van der Waals surface area contributed by atoms with Crippen molar-refractivity contribution in [3.63, 3.8) is 0 Å². The van der Waals surface area contributed by atoms with E-state index in [0.717, 1.165) is 30.6 Å². The minimum absolute atomic E-state index is 0.623. The molecular formula is C13H26N4. The SMILES string of the molecule is CC(C)CC(CC(C)C)NCCc1ncn[nH]1. The van der Waals surface area contributed by atoms with Crippen molar-refractivity contribution in [3.8, 4) is 0 Å². The number of H-pyrrole nitrogens is 1. The third-order valence-corrected chi connectivity index (χ3v) is 2.77. The van der Waals surface area contributed by atoms with Gasteiger partial charge in [-0.3, -0.25) is 5.10 Å². The number of aromatic nitrogens is 3. The number of hydrogen-bond acceptors (Lipinski definition) is 3. The summed E-state index contributed by atoms with van der Waals surface area (Å²) in [4.78, 5) is 4.13. The number of hydrogen-bond donors (Lipinski definition) is 2. The van der Waals surface area contributed by atoms with Gasteiger partial charge in [0.25, 0.3) is 0 Å². The van der Waals surface area contributed by atoms with Gasteiger partial charge >= 0.3 is 0 Å². The summed E-state index contributed by atoms with van der Waals surface area (Å²) in [5.41, 5.74) is 0. The van der Waals surface area contributed by atoms with E-state index in [1.807, 2.05) is 0 Å². The van der Waals surface area contributed by atoms with Crippen LogP contribution in [0.25, 0.3) is 0 Å². The predicted molar refractivity (Wildman–Crippen MR) is 70.8 cm³/mol. The van der Waals surface area contributed by atoms with E-state index in [2.05, 4.69) is 48.2 Å². The van der Waals surface area contributed by atoms with Crippen LogP contribution in [0.3, 0.4) is 0 Å². The van der Waals surface area contributed by atoms with Crippen molar-refractivity contribution >= 4 is 0 Å². The minimum Gasteiger partial charge on any atom is -0.314 e. The molecule has 1 aromatic rings. The minimum atomic E-state index is 0.623. The lowest BCUT2D eigenvalue weighted by Gasteiger charge is -2.22. The fourth-order valence-electron chi connectivity index (χ4n) is 2.15. The normalized spacial score (nSPS) is 11.9. The monoisotopic (exact) mass is 238 g/mol. The molecule has 17 heavy (non-hydrogen) atoms.